The molecular formula is C10H4ClF3O3. The molecule has 0 aliphatic carbocycles. The van der Waals surface area contributed by atoms with Gasteiger partial charge in [-0.25, -0.2) is 4.79 Å². The summed E-state index contributed by atoms with van der Waals surface area (Å²) in [7, 11) is 0. The van der Waals surface area contributed by atoms with Crippen LogP contribution in [-0.4, -0.2) is 11.1 Å². The third-order valence-corrected chi connectivity index (χ3v) is 2.39. The van der Waals surface area contributed by atoms with E-state index in [4.69, 9.17) is 21.1 Å². The van der Waals surface area contributed by atoms with Crippen molar-refractivity contribution >= 4 is 28.5 Å². The summed E-state index contributed by atoms with van der Waals surface area (Å²) in [5.41, 5.74) is -1.02. The molecule has 0 unspecified atom stereocenters. The molecule has 0 radical (unpaired) electrons. The lowest BCUT2D eigenvalue weighted by molar-refractivity contribution is -0.137. The fourth-order valence-corrected chi connectivity index (χ4v) is 1.64. The van der Waals surface area contributed by atoms with Crippen molar-refractivity contribution in [2.24, 2.45) is 0 Å². The van der Waals surface area contributed by atoms with Crippen LogP contribution in [0.4, 0.5) is 13.2 Å². The standard InChI is InChI=1S/C10H4ClF3O3/c11-6-3-5(10(12,13)14)1-4-2-7(9(15)16)17-8(4)6/h1-3H,(H,15,16). The molecule has 0 atom stereocenters. The number of fused-ring (bicyclic) bond motifs is 1. The molecule has 1 aromatic carbocycles. The largest absolute Gasteiger partial charge is 0.475 e. The molecule has 1 N–H and O–H groups in total. The Balaban J connectivity index is 2.69. The second-order valence-electron chi connectivity index (χ2n) is 3.29. The van der Waals surface area contributed by atoms with E-state index in [2.05, 4.69) is 0 Å². The van der Waals surface area contributed by atoms with E-state index in [0.717, 1.165) is 12.1 Å². The van der Waals surface area contributed by atoms with Crippen molar-refractivity contribution in [2.75, 3.05) is 0 Å². The van der Waals surface area contributed by atoms with Crippen LogP contribution in [0.15, 0.2) is 22.6 Å². The molecule has 1 heterocycles. The zero-order valence-electron chi connectivity index (χ0n) is 8.01. The number of carboxylic acid groups (broad SMARTS) is 1. The van der Waals surface area contributed by atoms with Crippen LogP contribution in [0.5, 0.6) is 0 Å². The summed E-state index contributed by atoms with van der Waals surface area (Å²) in [6.45, 7) is 0. The highest BCUT2D eigenvalue weighted by Crippen LogP contribution is 2.36. The first-order chi connectivity index (χ1) is 7.79. The van der Waals surface area contributed by atoms with Gasteiger partial charge in [-0.15, -0.1) is 0 Å². The number of carbonyl (C=O) groups is 1. The van der Waals surface area contributed by atoms with Gasteiger partial charge < -0.3 is 9.52 Å². The van der Waals surface area contributed by atoms with Crippen molar-refractivity contribution in [3.05, 3.63) is 34.5 Å². The van der Waals surface area contributed by atoms with Crippen LogP contribution in [0.3, 0.4) is 0 Å². The minimum atomic E-state index is -4.54. The summed E-state index contributed by atoms with van der Waals surface area (Å²) < 4.78 is 42.2. The summed E-state index contributed by atoms with van der Waals surface area (Å²) in [6.07, 6.45) is -4.54. The number of carboxylic acids is 1. The topological polar surface area (TPSA) is 50.4 Å². The first kappa shape index (κ1) is 11.8. The van der Waals surface area contributed by atoms with Crippen LogP contribution in [0.1, 0.15) is 16.1 Å². The van der Waals surface area contributed by atoms with Crippen LogP contribution in [0.25, 0.3) is 11.0 Å². The van der Waals surface area contributed by atoms with Gasteiger partial charge in [-0.1, -0.05) is 11.6 Å². The van der Waals surface area contributed by atoms with E-state index < -0.39 is 23.5 Å². The zero-order chi connectivity index (χ0) is 12.8. The van der Waals surface area contributed by atoms with E-state index in [1.54, 1.807) is 0 Å². The smallest absolute Gasteiger partial charge is 0.416 e. The fraction of sp³-hybridized carbons (Fsp3) is 0.100. The van der Waals surface area contributed by atoms with Crippen molar-refractivity contribution in [1.82, 2.24) is 0 Å². The number of furan rings is 1. The minimum absolute atomic E-state index is 0.00206. The number of hydrogen-bond acceptors (Lipinski definition) is 2. The maximum atomic E-state index is 12.5. The van der Waals surface area contributed by atoms with Crippen molar-refractivity contribution in [1.29, 1.82) is 0 Å². The molecule has 0 spiro atoms. The van der Waals surface area contributed by atoms with Gasteiger partial charge in [-0.2, -0.15) is 13.2 Å². The van der Waals surface area contributed by atoms with Crippen molar-refractivity contribution in [2.45, 2.75) is 6.18 Å². The Morgan fingerprint density at radius 3 is 2.47 bits per heavy atom. The van der Waals surface area contributed by atoms with Crippen LogP contribution in [-0.2, 0) is 6.18 Å². The Bertz CT molecular complexity index is 601. The molecule has 0 aliphatic rings. The molecule has 1 aromatic heterocycles. The lowest BCUT2D eigenvalue weighted by atomic mass is 10.1. The highest BCUT2D eigenvalue weighted by molar-refractivity contribution is 6.35. The molecule has 0 aliphatic heterocycles. The third kappa shape index (κ3) is 2.08. The summed E-state index contributed by atoms with van der Waals surface area (Å²) in [5, 5.41) is 8.37. The summed E-state index contributed by atoms with van der Waals surface area (Å²) in [5.74, 6) is -1.83. The quantitative estimate of drug-likeness (QED) is 0.852. The molecule has 2 aromatic rings. The zero-order valence-corrected chi connectivity index (χ0v) is 8.76. The maximum Gasteiger partial charge on any atom is 0.416 e. The SMILES string of the molecule is O=C(O)c1cc2cc(C(F)(F)F)cc(Cl)c2o1. The molecule has 3 nitrogen and oxygen atoms in total. The first-order valence-electron chi connectivity index (χ1n) is 4.32. The molecule has 17 heavy (non-hydrogen) atoms. The molecule has 2 rings (SSSR count). The molecule has 7 heteroatoms. The minimum Gasteiger partial charge on any atom is -0.475 e. The number of rotatable bonds is 1. The molecule has 0 fully saturated rings. The van der Waals surface area contributed by atoms with E-state index in [0.29, 0.717) is 6.07 Å². The van der Waals surface area contributed by atoms with E-state index in [1.165, 1.54) is 0 Å². The highest BCUT2D eigenvalue weighted by atomic mass is 35.5. The highest BCUT2D eigenvalue weighted by Gasteiger charge is 2.32. The van der Waals surface area contributed by atoms with Crippen molar-refractivity contribution in [3.8, 4) is 0 Å². The van der Waals surface area contributed by atoms with Gasteiger partial charge in [0.05, 0.1) is 10.6 Å². The Hall–Kier alpha value is -1.69. The Labute approximate surface area is 97.4 Å². The Kier molecular flexibility index (Phi) is 2.54. The van der Waals surface area contributed by atoms with Gasteiger partial charge in [0, 0.05) is 5.39 Å². The van der Waals surface area contributed by atoms with Crippen LogP contribution in [0, 0.1) is 0 Å². The average Bonchev–Trinajstić information content (AvgIpc) is 2.60. The average molecular weight is 265 g/mol. The van der Waals surface area contributed by atoms with Gasteiger partial charge in [0.1, 0.15) is 0 Å². The summed E-state index contributed by atoms with van der Waals surface area (Å²) >= 11 is 5.60. The Morgan fingerprint density at radius 2 is 1.94 bits per heavy atom. The van der Waals surface area contributed by atoms with Gasteiger partial charge in [-0.05, 0) is 18.2 Å². The molecule has 0 saturated carbocycles. The summed E-state index contributed by atoms with van der Waals surface area (Å²) in [4.78, 5) is 10.6. The van der Waals surface area contributed by atoms with Gasteiger partial charge in [0.2, 0.25) is 5.76 Å². The predicted molar refractivity (Wildman–Crippen MR) is 53.2 cm³/mol. The fourth-order valence-electron chi connectivity index (χ4n) is 1.38. The molecule has 0 saturated heterocycles. The van der Waals surface area contributed by atoms with Gasteiger partial charge in [-0.3, -0.25) is 0 Å². The second kappa shape index (κ2) is 3.66. The molecule has 0 bridgehead atoms. The number of aromatic carboxylic acids is 1. The van der Waals surface area contributed by atoms with Crippen LogP contribution >= 0.6 is 11.6 Å². The first-order valence-corrected chi connectivity index (χ1v) is 4.70. The number of hydrogen-bond donors (Lipinski definition) is 1. The lowest BCUT2D eigenvalue weighted by Crippen LogP contribution is -2.04. The predicted octanol–water partition coefficient (Wildman–Crippen LogP) is 3.80. The van der Waals surface area contributed by atoms with Gasteiger partial charge >= 0.3 is 12.1 Å². The van der Waals surface area contributed by atoms with Crippen molar-refractivity contribution < 1.29 is 27.5 Å². The molecule has 0 amide bonds. The van der Waals surface area contributed by atoms with E-state index in [-0.39, 0.29) is 16.0 Å². The van der Waals surface area contributed by atoms with E-state index in [9.17, 15) is 18.0 Å². The van der Waals surface area contributed by atoms with E-state index in [1.807, 2.05) is 0 Å². The normalized spacial score (nSPS) is 12.0. The Morgan fingerprint density at radius 1 is 1.29 bits per heavy atom. The van der Waals surface area contributed by atoms with Gasteiger partial charge in [0.25, 0.3) is 0 Å². The maximum absolute atomic E-state index is 12.5. The third-order valence-electron chi connectivity index (χ3n) is 2.11. The second-order valence-corrected chi connectivity index (χ2v) is 3.70. The molecule has 90 valence electrons. The van der Waals surface area contributed by atoms with Crippen LogP contribution in [0.2, 0.25) is 5.02 Å². The molecular weight excluding hydrogens is 261 g/mol. The van der Waals surface area contributed by atoms with Crippen LogP contribution < -0.4 is 0 Å². The summed E-state index contributed by atoms with van der Waals surface area (Å²) in [6, 6.07) is 2.48. The monoisotopic (exact) mass is 264 g/mol. The number of benzene rings is 1. The van der Waals surface area contributed by atoms with E-state index >= 15 is 0 Å². The van der Waals surface area contributed by atoms with Crippen molar-refractivity contribution in [3.63, 3.8) is 0 Å². The van der Waals surface area contributed by atoms with Gasteiger partial charge in [0.15, 0.2) is 5.58 Å². The number of halogens is 4. The number of alkyl halides is 3. The lowest BCUT2D eigenvalue weighted by Gasteiger charge is -2.06.